The lowest BCUT2D eigenvalue weighted by atomic mass is 9.99. The number of carbonyl (C=O) groups is 2. The normalized spacial score (nSPS) is 11.3. The summed E-state index contributed by atoms with van der Waals surface area (Å²) >= 11 is 6.20. The number of benzene rings is 5. The van der Waals surface area contributed by atoms with Crippen LogP contribution in [0.15, 0.2) is 121 Å². The van der Waals surface area contributed by atoms with Gasteiger partial charge in [0.2, 0.25) is 0 Å². The number of hydrogen-bond donors (Lipinski definition) is 3. The molecule has 8 heteroatoms. The summed E-state index contributed by atoms with van der Waals surface area (Å²) in [4.78, 5) is 25.5. The van der Waals surface area contributed by atoms with E-state index in [1.54, 1.807) is 31.4 Å². The number of rotatable bonds is 11. The molecule has 0 fully saturated rings. The summed E-state index contributed by atoms with van der Waals surface area (Å²) in [6, 6.07) is 35.7. The number of carboxylic acid groups (broad SMARTS) is 1. The molecule has 1 amide bonds. The second kappa shape index (κ2) is 13.6. The van der Waals surface area contributed by atoms with E-state index in [4.69, 9.17) is 21.1 Å². The first kappa shape index (κ1) is 29.2. The molecule has 43 heavy (non-hydrogen) atoms. The fraction of sp³-hybridized carbons (Fsp3) is 0.0857. The van der Waals surface area contributed by atoms with Crippen LogP contribution in [0.3, 0.4) is 0 Å². The first-order chi connectivity index (χ1) is 20.9. The molecule has 0 aliphatic rings. The van der Waals surface area contributed by atoms with E-state index in [1.807, 2.05) is 91.0 Å². The number of anilines is 2. The molecular weight excluding hydrogens is 564 g/mol. The molecule has 0 aliphatic heterocycles. The summed E-state index contributed by atoms with van der Waals surface area (Å²) < 4.78 is 11.3. The van der Waals surface area contributed by atoms with E-state index in [0.717, 1.165) is 28.1 Å². The molecular formula is C35H29ClN2O5. The minimum absolute atomic E-state index is 0.0886. The van der Waals surface area contributed by atoms with Crippen LogP contribution in [-0.4, -0.2) is 30.1 Å². The van der Waals surface area contributed by atoms with Crippen LogP contribution in [0.4, 0.5) is 11.4 Å². The molecule has 7 nitrogen and oxygen atoms in total. The molecule has 0 saturated carbocycles. The number of hydrogen-bond acceptors (Lipinski definition) is 5. The van der Waals surface area contributed by atoms with Gasteiger partial charge < -0.3 is 25.2 Å². The van der Waals surface area contributed by atoms with E-state index in [0.29, 0.717) is 22.2 Å². The summed E-state index contributed by atoms with van der Waals surface area (Å²) in [6.07, 6.45) is 0.0886. The number of carbonyl (C=O) groups excluding carboxylic acids is 1. The van der Waals surface area contributed by atoms with E-state index < -0.39 is 17.9 Å². The van der Waals surface area contributed by atoms with Gasteiger partial charge in [0.1, 0.15) is 23.3 Å². The minimum Gasteiger partial charge on any atom is -0.497 e. The Hall–Kier alpha value is -5.27. The van der Waals surface area contributed by atoms with Crippen molar-refractivity contribution in [3.63, 3.8) is 0 Å². The third-order valence-electron chi connectivity index (χ3n) is 6.76. The molecule has 1 atom stereocenters. The molecule has 0 spiro atoms. The number of carboxylic acids is 1. The molecule has 3 N–H and O–H groups in total. The fourth-order valence-electron chi connectivity index (χ4n) is 4.54. The number of halogens is 1. The first-order valence-corrected chi connectivity index (χ1v) is 13.9. The lowest BCUT2D eigenvalue weighted by Crippen LogP contribution is -2.42. The molecule has 5 aromatic carbocycles. The number of para-hydroxylation sites is 2. The van der Waals surface area contributed by atoms with Gasteiger partial charge in [-0.2, -0.15) is 0 Å². The molecule has 216 valence electrons. The van der Waals surface area contributed by atoms with Crippen molar-refractivity contribution in [2.24, 2.45) is 0 Å². The average Bonchev–Trinajstić information content (AvgIpc) is 3.03. The highest BCUT2D eigenvalue weighted by Gasteiger charge is 2.23. The van der Waals surface area contributed by atoms with Gasteiger partial charge in [-0.3, -0.25) is 4.79 Å². The topological polar surface area (TPSA) is 96.9 Å². The molecule has 0 bridgehead atoms. The Morgan fingerprint density at radius 3 is 2.21 bits per heavy atom. The van der Waals surface area contributed by atoms with Crippen molar-refractivity contribution < 1.29 is 24.2 Å². The summed E-state index contributed by atoms with van der Waals surface area (Å²) in [6.45, 7) is 0. The third-order valence-corrected chi connectivity index (χ3v) is 7.00. The van der Waals surface area contributed by atoms with E-state index in [9.17, 15) is 14.7 Å². The summed E-state index contributed by atoms with van der Waals surface area (Å²) in [5.74, 6) is 0.424. The maximum absolute atomic E-state index is 13.3. The Kier molecular flexibility index (Phi) is 9.24. The third kappa shape index (κ3) is 7.52. The minimum atomic E-state index is -1.17. The van der Waals surface area contributed by atoms with Crippen molar-refractivity contribution in [3.05, 3.63) is 137 Å². The zero-order valence-corrected chi connectivity index (χ0v) is 24.0. The lowest BCUT2D eigenvalue weighted by Gasteiger charge is -2.18. The standard InChI is InChI=1S/C35H29ClN2O5/c1-42-27-18-16-26(17-19-27)37-31-20-15-25(36)22-30(31)34(39)38-32(35(40)41)21-23-11-13-24(14-12-23)29-9-5-6-10-33(29)43-28-7-3-2-4-8-28/h2-20,22,32,37H,21H2,1H3,(H,38,39)(H,40,41). The Labute approximate surface area is 254 Å². The second-order valence-electron chi connectivity index (χ2n) is 9.72. The highest BCUT2D eigenvalue weighted by Crippen LogP contribution is 2.33. The molecule has 0 aromatic heterocycles. The van der Waals surface area contributed by atoms with Gasteiger partial charge in [0.15, 0.2) is 0 Å². The molecule has 0 radical (unpaired) electrons. The monoisotopic (exact) mass is 592 g/mol. The fourth-order valence-corrected chi connectivity index (χ4v) is 4.72. The second-order valence-corrected chi connectivity index (χ2v) is 10.2. The molecule has 0 heterocycles. The maximum atomic E-state index is 13.3. The predicted molar refractivity (Wildman–Crippen MR) is 169 cm³/mol. The Morgan fingerprint density at radius 1 is 0.814 bits per heavy atom. The van der Waals surface area contributed by atoms with E-state index in [1.165, 1.54) is 6.07 Å². The van der Waals surface area contributed by atoms with Crippen LogP contribution >= 0.6 is 11.6 Å². The van der Waals surface area contributed by atoms with Gasteiger partial charge in [-0.05, 0) is 71.8 Å². The first-order valence-electron chi connectivity index (χ1n) is 13.5. The predicted octanol–water partition coefficient (Wildman–Crippen LogP) is 7.98. The number of nitrogens with one attached hydrogen (secondary N) is 2. The van der Waals surface area contributed by atoms with E-state index in [2.05, 4.69) is 10.6 Å². The van der Waals surface area contributed by atoms with Crippen LogP contribution in [0.5, 0.6) is 17.2 Å². The van der Waals surface area contributed by atoms with Gasteiger partial charge in [-0.1, -0.05) is 72.3 Å². The van der Waals surface area contributed by atoms with Crippen molar-refractivity contribution in [2.45, 2.75) is 12.5 Å². The lowest BCUT2D eigenvalue weighted by molar-refractivity contribution is -0.139. The number of ether oxygens (including phenoxy) is 2. The maximum Gasteiger partial charge on any atom is 0.326 e. The van der Waals surface area contributed by atoms with Gasteiger partial charge >= 0.3 is 5.97 Å². The van der Waals surface area contributed by atoms with Crippen LogP contribution < -0.4 is 20.1 Å². The van der Waals surface area contributed by atoms with E-state index >= 15 is 0 Å². The van der Waals surface area contributed by atoms with Crippen LogP contribution in [0.25, 0.3) is 11.1 Å². The molecule has 1 unspecified atom stereocenters. The Bertz CT molecular complexity index is 1710. The van der Waals surface area contributed by atoms with Crippen LogP contribution in [0, 0.1) is 0 Å². The smallest absolute Gasteiger partial charge is 0.326 e. The van der Waals surface area contributed by atoms with Gasteiger partial charge in [-0.25, -0.2) is 4.79 Å². The van der Waals surface area contributed by atoms with Gasteiger partial charge in [0.25, 0.3) is 5.91 Å². The summed E-state index contributed by atoms with van der Waals surface area (Å²) in [7, 11) is 1.58. The highest BCUT2D eigenvalue weighted by atomic mass is 35.5. The quantitative estimate of drug-likeness (QED) is 0.144. The van der Waals surface area contributed by atoms with Crippen molar-refractivity contribution in [2.75, 3.05) is 12.4 Å². The van der Waals surface area contributed by atoms with E-state index in [-0.39, 0.29) is 12.0 Å². The van der Waals surface area contributed by atoms with Crippen molar-refractivity contribution >= 4 is 34.9 Å². The van der Waals surface area contributed by atoms with Gasteiger partial charge in [0.05, 0.1) is 18.4 Å². The average molecular weight is 593 g/mol. The van der Waals surface area contributed by atoms with Crippen molar-refractivity contribution in [1.29, 1.82) is 0 Å². The summed E-state index contributed by atoms with van der Waals surface area (Å²) in [5.41, 5.74) is 4.00. The Morgan fingerprint density at radius 2 is 1.51 bits per heavy atom. The number of methoxy groups -OCH3 is 1. The van der Waals surface area contributed by atoms with Gasteiger partial charge in [-0.15, -0.1) is 0 Å². The summed E-state index contributed by atoms with van der Waals surface area (Å²) in [5, 5.41) is 16.2. The van der Waals surface area contributed by atoms with Crippen molar-refractivity contribution in [1.82, 2.24) is 5.32 Å². The molecule has 5 rings (SSSR count). The zero-order chi connectivity index (χ0) is 30.2. The largest absolute Gasteiger partial charge is 0.497 e. The molecule has 5 aromatic rings. The highest BCUT2D eigenvalue weighted by molar-refractivity contribution is 6.31. The van der Waals surface area contributed by atoms with Crippen LogP contribution in [-0.2, 0) is 11.2 Å². The van der Waals surface area contributed by atoms with Crippen molar-refractivity contribution in [3.8, 4) is 28.4 Å². The number of amides is 1. The number of aliphatic carboxylic acids is 1. The zero-order valence-electron chi connectivity index (χ0n) is 23.3. The molecule has 0 saturated heterocycles. The van der Waals surface area contributed by atoms with Crippen LogP contribution in [0.2, 0.25) is 5.02 Å². The SMILES string of the molecule is COc1ccc(Nc2ccc(Cl)cc2C(=O)NC(Cc2ccc(-c3ccccc3Oc3ccccc3)cc2)C(=O)O)cc1. The van der Waals surface area contributed by atoms with Gasteiger partial charge in [0, 0.05) is 22.7 Å². The van der Waals surface area contributed by atoms with Crippen LogP contribution in [0.1, 0.15) is 15.9 Å². The Balaban J connectivity index is 1.30. The molecule has 0 aliphatic carbocycles.